The van der Waals surface area contributed by atoms with Gasteiger partial charge in [-0.15, -0.1) is 0 Å². The smallest absolute Gasteiger partial charge is 0.292 e. The molecule has 0 radical (unpaired) electrons. The second-order valence-electron chi connectivity index (χ2n) is 6.57. The van der Waals surface area contributed by atoms with E-state index in [4.69, 9.17) is 10.2 Å². The van der Waals surface area contributed by atoms with Crippen molar-refractivity contribution in [2.45, 2.75) is 0 Å². The van der Waals surface area contributed by atoms with Crippen molar-refractivity contribution in [1.29, 1.82) is 0 Å². The number of nitrogens with two attached hydrogens (primary N) is 1. The molecule has 1 aliphatic rings. The van der Waals surface area contributed by atoms with E-state index in [1.54, 1.807) is 12.5 Å². The van der Waals surface area contributed by atoms with E-state index in [0.717, 1.165) is 29.9 Å². The largest absolute Gasteiger partial charge is 0.424 e. The number of anilines is 1. The number of imidazole rings is 1. The van der Waals surface area contributed by atoms with E-state index in [0.29, 0.717) is 29.9 Å². The summed E-state index contributed by atoms with van der Waals surface area (Å²) in [7, 11) is 0. The van der Waals surface area contributed by atoms with Crippen LogP contribution in [0.5, 0.6) is 0 Å². The summed E-state index contributed by atoms with van der Waals surface area (Å²) in [5.41, 5.74) is 10.2. The molecule has 4 aromatic rings. The summed E-state index contributed by atoms with van der Waals surface area (Å²) >= 11 is 3.53. The molecule has 4 heterocycles. The molecule has 1 amide bonds. The van der Waals surface area contributed by atoms with Gasteiger partial charge in [-0.3, -0.25) is 9.20 Å². The van der Waals surface area contributed by atoms with Crippen molar-refractivity contribution >= 4 is 41.3 Å². The average Bonchev–Trinajstić information content (AvgIpc) is 3.36. The van der Waals surface area contributed by atoms with E-state index >= 15 is 0 Å². The molecule has 1 aliphatic heterocycles. The average molecular weight is 411 g/mol. The summed E-state index contributed by atoms with van der Waals surface area (Å²) < 4.78 is 7.18. The van der Waals surface area contributed by atoms with E-state index < -0.39 is 0 Å². The number of rotatable bonds is 2. The quantitative estimate of drug-likeness (QED) is 0.439. The number of piperazine rings is 1. The van der Waals surface area contributed by atoms with E-state index in [9.17, 15) is 4.79 Å². The van der Waals surface area contributed by atoms with Gasteiger partial charge in [-0.25, -0.2) is 4.98 Å². The van der Waals surface area contributed by atoms with Gasteiger partial charge in [0.25, 0.3) is 11.9 Å². The van der Waals surface area contributed by atoms with Crippen molar-refractivity contribution in [3.05, 3.63) is 48.4 Å². The van der Waals surface area contributed by atoms with E-state index in [1.165, 1.54) is 0 Å². The van der Waals surface area contributed by atoms with Crippen LogP contribution < -0.4 is 11.1 Å². The number of oxazole rings is 1. The van der Waals surface area contributed by atoms with Gasteiger partial charge in [-0.05, 0) is 41.6 Å². The predicted molar refractivity (Wildman–Crippen MR) is 116 cm³/mol. The molecule has 0 spiro atoms. The number of aromatic nitrogens is 3. The van der Waals surface area contributed by atoms with Crippen LogP contribution in [0.4, 0.5) is 6.01 Å². The molecular formula is C20H22N6O2S. The molecular weight excluding hydrogens is 388 g/mol. The molecule has 1 fully saturated rings. The zero-order chi connectivity index (χ0) is 20.4. The summed E-state index contributed by atoms with van der Waals surface area (Å²) in [6, 6.07) is 9.75. The minimum Gasteiger partial charge on any atom is -0.424 e. The number of nitrogens with one attached hydrogen (secondary N) is 1. The van der Waals surface area contributed by atoms with Crippen LogP contribution in [0.25, 0.3) is 27.9 Å². The van der Waals surface area contributed by atoms with Crippen LogP contribution >= 0.6 is 12.6 Å². The number of nitrogens with zero attached hydrogens (tertiary/aromatic N) is 4. The fourth-order valence-corrected chi connectivity index (χ4v) is 3.46. The molecule has 29 heavy (non-hydrogen) atoms. The molecule has 5 rings (SSSR count). The van der Waals surface area contributed by atoms with E-state index in [2.05, 4.69) is 27.9 Å². The van der Waals surface area contributed by atoms with Gasteiger partial charge in [0, 0.05) is 32.4 Å². The minimum atomic E-state index is 0.000812. The monoisotopic (exact) mass is 410 g/mol. The van der Waals surface area contributed by atoms with Crippen LogP contribution in [-0.2, 0) is 0 Å². The molecule has 0 aliphatic carbocycles. The Morgan fingerprint density at radius 1 is 1.17 bits per heavy atom. The van der Waals surface area contributed by atoms with Crippen LogP contribution in [0.2, 0.25) is 0 Å². The van der Waals surface area contributed by atoms with Crippen LogP contribution in [0, 0.1) is 0 Å². The van der Waals surface area contributed by atoms with Crippen molar-refractivity contribution < 1.29 is 9.21 Å². The van der Waals surface area contributed by atoms with Gasteiger partial charge < -0.3 is 20.4 Å². The summed E-state index contributed by atoms with van der Waals surface area (Å²) in [6.45, 7) is 3.04. The van der Waals surface area contributed by atoms with Crippen molar-refractivity contribution in [2.75, 3.05) is 38.2 Å². The number of pyridine rings is 1. The first-order valence-corrected chi connectivity index (χ1v) is 10.2. The maximum Gasteiger partial charge on any atom is 0.292 e. The summed E-state index contributed by atoms with van der Waals surface area (Å²) in [5.74, 6) is 0.000812. The highest BCUT2D eigenvalue weighted by Crippen LogP contribution is 2.26. The number of benzene rings is 1. The highest BCUT2D eigenvalue weighted by Gasteiger charge is 2.21. The number of fused-ring (bicyclic) bond motifs is 2. The maximum atomic E-state index is 12.9. The number of hydrogen-bond acceptors (Lipinski definition) is 7. The number of thiol groups is 1. The Labute approximate surface area is 173 Å². The van der Waals surface area contributed by atoms with Gasteiger partial charge in [0.05, 0.1) is 6.20 Å². The topological polar surface area (TPSA) is 102 Å². The lowest BCUT2D eigenvalue weighted by atomic mass is 10.1. The Morgan fingerprint density at radius 3 is 2.72 bits per heavy atom. The summed E-state index contributed by atoms with van der Waals surface area (Å²) in [6.07, 6.45) is 5.27. The summed E-state index contributed by atoms with van der Waals surface area (Å²) in [4.78, 5) is 23.3. The first-order chi connectivity index (χ1) is 14.2. The van der Waals surface area contributed by atoms with Crippen molar-refractivity contribution in [1.82, 2.24) is 24.6 Å². The zero-order valence-corrected chi connectivity index (χ0v) is 16.9. The molecule has 8 nitrogen and oxygen atoms in total. The van der Waals surface area contributed by atoms with Crippen LogP contribution in [-0.4, -0.2) is 57.6 Å². The Bertz CT molecular complexity index is 1160. The zero-order valence-electron chi connectivity index (χ0n) is 16.0. The van der Waals surface area contributed by atoms with Gasteiger partial charge in [0.15, 0.2) is 5.58 Å². The lowest BCUT2D eigenvalue weighted by Gasteiger charge is -2.27. The minimum absolute atomic E-state index is 0.000812. The molecule has 3 aromatic heterocycles. The number of carbonyl (C=O) groups excluding carboxylic acids is 1. The van der Waals surface area contributed by atoms with Gasteiger partial charge in [0.1, 0.15) is 16.9 Å². The number of carbonyl (C=O) groups is 1. The normalized spacial score (nSPS) is 14.1. The van der Waals surface area contributed by atoms with E-state index in [1.807, 2.05) is 45.8 Å². The molecule has 9 heteroatoms. The van der Waals surface area contributed by atoms with Gasteiger partial charge >= 0.3 is 0 Å². The standard InChI is InChI=1S/C19H18N6O2.CH4S/c20-19-23-14-9-12(1-3-16(14)27-19)13-2-4-17-22-10-15(25(17)11-13)18(26)24-7-5-21-6-8-24;1-2/h1-4,9-11,21H,5-8H2,(H2,20,23);2H,1H3. The Hall–Kier alpha value is -3.04. The highest BCUT2D eigenvalue weighted by molar-refractivity contribution is 7.79. The van der Waals surface area contributed by atoms with Gasteiger partial charge in [0.2, 0.25) is 0 Å². The molecule has 1 saturated heterocycles. The number of hydrogen-bond donors (Lipinski definition) is 3. The fourth-order valence-electron chi connectivity index (χ4n) is 3.46. The molecule has 3 N–H and O–H groups in total. The lowest BCUT2D eigenvalue weighted by Crippen LogP contribution is -2.46. The lowest BCUT2D eigenvalue weighted by molar-refractivity contribution is 0.0729. The third-order valence-corrected chi connectivity index (χ3v) is 4.87. The Balaban J connectivity index is 0.000000994. The molecule has 150 valence electrons. The molecule has 0 atom stereocenters. The first kappa shape index (κ1) is 19.3. The number of amides is 1. The van der Waals surface area contributed by atoms with Crippen molar-refractivity contribution in [3.63, 3.8) is 0 Å². The summed E-state index contributed by atoms with van der Waals surface area (Å²) in [5, 5.41) is 3.26. The van der Waals surface area contributed by atoms with Crippen LogP contribution in [0.1, 0.15) is 10.5 Å². The second kappa shape index (κ2) is 8.14. The number of nitrogen functional groups attached to an aromatic ring is 1. The van der Waals surface area contributed by atoms with Crippen LogP contribution in [0.15, 0.2) is 47.1 Å². The third-order valence-electron chi connectivity index (χ3n) is 4.87. The highest BCUT2D eigenvalue weighted by atomic mass is 32.1. The first-order valence-electron chi connectivity index (χ1n) is 9.27. The van der Waals surface area contributed by atoms with Gasteiger partial charge in [-0.1, -0.05) is 6.07 Å². The Kier molecular flexibility index (Phi) is 5.41. The molecule has 0 saturated carbocycles. The Morgan fingerprint density at radius 2 is 1.93 bits per heavy atom. The SMILES string of the molecule is CS.Nc1nc2cc(-c3ccc4ncc(C(=O)N5CCNCC5)n4c3)ccc2o1. The second-order valence-corrected chi connectivity index (χ2v) is 6.57. The van der Waals surface area contributed by atoms with Gasteiger partial charge in [-0.2, -0.15) is 17.6 Å². The fraction of sp³-hybridized carbons (Fsp3) is 0.250. The molecule has 0 bridgehead atoms. The predicted octanol–water partition coefficient (Wildman–Crippen LogP) is 2.32. The molecule has 1 aromatic carbocycles. The van der Waals surface area contributed by atoms with Crippen molar-refractivity contribution in [3.8, 4) is 11.1 Å². The molecule has 0 unspecified atom stereocenters. The van der Waals surface area contributed by atoms with Crippen molar-refractivity contribution in [2.24, 2.45) is 0 Å². The maximum absolute atomic E-state index is 12.9. The third kappa shape index (κ3) is 3.66. The van der Waals surface area contributed by atoms with E-state index in [-0.39, 0.29) is 11.9 Å². The van der Waals surface area contributed by atoms with Crippen LogP contribution in [0.3, 0.4) is 0 Å².